The van der Waals surface area contributed by atoms with E-state index in [2.05, 4.69) is 0 Å². The zero-order valence-electron chi connectivity index (χ0n) is 11.7. The van der Waals surface area contributed by atoms with Gasteiger partial charge in [0.25, 0.3) is 0 Å². The van der Waals surface area contributed by atoms with Gasteiger partial charge >= 0.3 is 10.3 Å². The Morgan fingerprint density at radius 3 is 2.48 bits per heavy atom. The number of rotatable bonds is 2. The van der Waals surface area contributed by atoms with Crippen molar-refractivity contribution in [2.24, 2.45) is 5.14 Å². The lowest BCUT2D eigenvalue weighted by atomic mass is 9.85. The van der Waals surface area contributed by atoms with Crippen LogP contribution < -0.4 is 9.32 Å². The van der Waals surface area contributed by atoms with Crippen LogP contribution in [0.2, 0.25) is 0 Å². The average molecular weight is 307 g/mol. The largest absolute Gasteiger partial charge is 0.507 e. The van der Waals surface area contributed by atoms with Crippen molar-refractivity contribution >= 4 is 21.1 Å². The predicted molar refractivity (Wildman–Crippen MR) is 80.7 cm³/mol. The molecule has 0 bridgehead atoms. The van der Waals surface area contributed by atoms with E-state index in [1.54, 1.807) is 12.1 Å². The van der Waals surface area contributed by atoms with Gasteiger partial charge in [0.05, 0.1) is 0 Å². The maximum Gasteiger partial charge on any atom is 0.380 e. The molecule has 0 saturated heterocycles. The molecule has 1 aliphatic rings. The van der Waals surface area contributed by atoms with Crippen LogP contribution in [0.5, 0.6) is 11.5 Å². The number of aromatic hydroxyl groups is 1. The van der Waals surface area contributed by atoms with Crippen LogP contribution in [-0.4, -0.2) is 13.5 Å². The maximum absolute atomic E-state index is 11.0. The molecule has 2 aromatic rings. The van der Waals surface area contributed by atoms with E-state index in [9.17, 15) is 13.5 Å². The normalized spacial score (nSPS) is 15.0. The Morgan fingerprint density at radius 1 is 1.14 bits per heavy atom. The highest BCUT2D eigenvalue weighted by Gasteiger charge is 2.20. The molecule has 0 fully saturated rings. The van der Waals surface area contributed by atoms with Crippen molar-refractivity contribution in [3.8, 4) is 11.5 Å². The van der Waals surface area contributed by atoms with Gasteiger partial charge in [0, 0.05) is 0 Å². The second-order valence-electron chi connectivity index (χ2n) is 5.42. The molecule has 1 aliphatic carbocycles. The van der Waals surface area contributed by atoms with Crippen LogP contribution in [0.25, 0.3) is 10.8 Å². The summed E-state index contributed by atoms with van der Waals surface area (Å²) in [6.45, 7) is 1.83. The van der Waals surface area contributed by atoms with Crippen LogP contribution in [0, 0.1) is 6.92 Å². The van der Waals surface area contributed by atoms with Gasteiger partial charge in [-0.2, -0.15) is 13.6 Å². The van der Waals surface area contributed by atoms with Crippen molar-refractivity contribution in [3.05, 3.63) is 34.9 Å². The Bertz CT molecular complexity index is 827. The molecule has 112 valence electrons. The minimum Gasteiger partial charge on any atom is -0.507 e. The van der Waals surface area contributed by atoms with Crippen LogP contribution in [-0.2, 0) is 23.1 Å². The Kier molecular flexibility index (Phi) is 3.30. The van der Waals surface area contributed by atoms with E-state index in [0.717, 1.165) is 53.1 Å². The molecule has 0 heterocycles. The standard InChI is InChI=1S/C15H17NO4S/c1-9-14-8-10(20-21(16,18)19)6-7-12(14)11-4-2-3-5-13(11)15(9)17/h6-8,17H,2-5H2,1H3,(H2,16,18,19). The van der Waals surface area contributed by atoms with E-state index >= 15 is 0 Å². The molecule has 3 N–H and O–H groups in total. The van der Waals surface area contributed by atoms with Gasteiger partial charge in [-0.05, 0) is 72.2 Å². The van der Waals surface area contributed by atoms with Crippen molar-refractivity contribution in [1.29, 1.82) is 0 Å². The number of hydrogen-bond donors (Lipinski definition) is 2. The first-order valence-corrected chi connectivity index (χ1v) is 8.33. The summed E-state index contributed by atoms with van der Waals surface area (Å²) in [5.41, 5.74) is 2.92. The van der Waals surface area contributed by atoms with Crippen LogP contribution in [0.1, 0.15) is 29.5 Å². The molecule has 21 heavy (non-hydrogen) atoms. The highest BCUT2D eigenvalue weighted by Crippen LogP contribution is 2.40. The van der Waals surface area contributed by atoms with Crippen molar-refractivity contribution in [2.45, 2.75) is 32.6 Å². The third kappa shape index (κ3) is 2.56. The van der Waals surface area contributed by atoms with E-state index in [1.807, 2.05) is 13.0 Å². The summed E-state index contributed by atoms with van der Waals surface area (Å²) in [6.07, 6.45) is 3.99. The first-order valence-electron chi connectivity index (χ1n) is 6.86. The van der Waals surface area contributed by atoms with Gasteiger partial charge < -0.3 is 9.29 Å². The fourth-order valence-corrected chi connectivity index (χ4v) is 3.47. The number of hydrogen-bond acceptors (Lipinski definition) is 4. The highest BCUT2D eigenvalue weighted by molar-refractivity contribution is 7.84. The molecular formula is C15H17NO4S. The van der Waals surface area contributed by atoms with E-state index < -0.39 is 10.3 Å². The summed E-state index contributed by atoms with van der Waals surface area (Å²) in [6, 6.07) is 5.05. The summed E-state index contributed by atoms with van der Waals surface area (Å²) in [5, 5.41) is 17.1. The summed E-state index contributed by atoms with van der Waals surface area (Å²) < 4.78 is 26.8. The number of fused-ring (bicyclic) bond motifs is 3. The van der Waals surface area contributed by atoms with Gasteiger partial charge in [-0.15, -0.1) is 0 Å². The van der Waals surface area contributed by atoms with Gasteiger partial charge in [0.1, 0.15) is 11.5 Å². The zero-order valence-corrected chi connectivity index (χ0v) is 12.5. The van der Waals surface area contributed by atoms with Gasteiger partial charge in [-0.1, -0.05) is 6.07 Å². The third-order valence-electron chi connectivity index (χ3n) is 4.04. The van der Waals surface area contributed by atoms with Crippen LogP contribution >= 0.6 is 0 Å². The van der Waals surface area contributed by atoms with Crippen molar-refractivity contribution < 1.29 is 17.7 Å². The van der Waals surface area contributed by atoms with Crippen molar-refractivity contribution in [3.63, 3.8) is 0 Å². The number of aryl methyl sites for hydroxylation is 2. The lowest BCUT2D eigenvalue weighted by molar-refractivity contribution is 0.459. The maximum atomic E-state index is 11.0. The van der Waals surface area contributed by atoms with E-state index in [0.29, 0.717) is 5.75 Å². The highest BCUT2D eigenvalue weighted by atomic mass is 32.2. The van der Waals surface area contributed by atoms with E-state index in [-0.39, 0.29) is 5.75 Å². The van der Waals surface area contributed by atoms with Crippen molar-refractivity contribution in [1.82, 2.24) is 0 Å². The molecule has 0 radical (unpaired) electrons. The fraction of sp³-hybridized carbons (Fsp3) is 0.333. The Morgan fingerprint density at radius 2 is 1.81 bits per heavy atom. The molecule has 0 amide bonds. The minimum atomic E-state index is -4.05. The second kappa shape index (κ2) is 4.89. The molecule has 6 heteroatoms. The van der Waals surface area contributed by atoms with E-state index in [4.69, 9.17) is 9.32 Å². The Hall–Kier alpha value is -1.79. The number of phenolic OH excluding ortho intramolecular Hbond substituents is 1. The van der Waals surface area contributed by atoms with Crippen LogP contribution in [0.15, 0.2) is 18.2 Å². The second-order valence-corrected chi connectivity index (χ2v) is 6.57. The minimum absolute atomic E-state index is 0.156. The smallest absolute Gasteiger partial charge is 0.380 e. The molecule has 0 aromatic heterocycles. The van der Waals surface area contributed by atoms with E-state index in [1.165, 1.54) is 0 Å². The molecule has 3 rings (SSSR count). The topological polar surface area (TPSA) is 89.6 Å². The molecule has 2 aromatic carbocycles. The number of nitrogens with two attached hydrogens (primary N) is 1. The summed E-state index contributed by atoms with van der Waals surface area (Å²) in [5.74, 6) is 0.466. The summed E-state index contributed by atoms with van der Waals surface area (Å²) >= 11 is 0. The molecule has 5 nitrogen and oxygen atoms in total. The van der Waals surface area contributed by atoms with Crippen LogP contribution in [0.4, 0.5) is 0 Å². The Balaban J connectivity index is 2.24. The molecule has 0 spiro atoms. The van der Waals surface area contributed by atoms with Crippen LogP contribution in [0.3, 0.4) is 0 Å². The summed E-state index contributed by atoms with van der Waals surface area (Å²) in [4.78, 5) is 0. The van der Waals surface area contributed by atoms with Crippen molar-refractivity contribution in [2.75, 3.05) is 0 Å². The molecule has 0 unspecified atom stereocenters. The Labute approximate surface area is 123 Å². The third-order valence-corrected chi connectivity index (χ3v) is 4.47. The monoisotopic (exact) mass is 307 g/mol. The fourth-order valence-electron chi connectivity index (χ4n) is 3.10. The van der Waals surface area contributed by atoms with Gasteiger partial charge in [-0.3, -0.25) is 0 Å². The lowest BCUT2D eigenvalue weighted by Crippen LogP contribution is -2.18. The lowest BCUT2D eigenvalue weighted by Gasteiger charge is -2.21. The predicted octanol–water partition coefficient (Wildman–Crippen LogP) is 2.31. The van der Waals surface area contributed by atoms with Gasteiger partial charge in [-0.25, -0.2) is 0 Å². The quantitative estimate of drug-likeness (QED) is 0.891. The molecule has 0 aliphatic heterocycles. The first-order chi connectivity index (χ1) is 9.87. The van der Waals surface area contributed by atoms with Gasteiger partial charge in [0.2, 0.25) is 0 Å². The summed E-state index contributed by atoms with van der Waals surface area (Å²) in [7, 11) is -4.05. The molecular weight excluding hydrogens is 290 g/mol. The molecule has 0 saturated carbocycles. The average Bonchev–Trinajstić information content (AvgIpc) is 2.43. The number of phenols is 1. The first kappa shape index (κ1) is 14.2. The SMILES string of the molecule is Cc1c(O)c2c(c3ccc(OS(N)(=O)=O)cc13)CCCC2. The zero-order chi connectivity index (χ0) is 15.2. The molecule has 0 atom stereocenters. The van der Waals surface area contributed by atoms with Gasteiger partial charge in [0.15, 0.2) is 0 Å². The number of benzene rings is 2.